The Kier molecular flexibility index (Phi) is 6.40. The molecule has 2 heterocycles. The van der Waals surface area contributed by atoms with Crippen LogP contribution in [-0.4, -0.2) is 24.2 Å². The lowest BCUT2D eigenvalue weighted by atomic mass is 9.97. The van der Waals surface area contributed by atoms with E-state index < -0.39 is 0 Å². The molecule has 0 aliphatic carbocycles. The van der Waals surface area contributed by atoms with Crippen LogP contribution in [-0.2, 0) is 12.8 Å². The minimum Gasteiger partial charge on any atom is -0.493 e. The van der Waals surface area contributed by atoms with Crippen molar-refractivity contribution in [2.75, 3.05) is 14.2 Å². The molecule has 0 bridgehead atoms. The number of pyridine rings is 2. The zero-order valence-corrected chi connectivity index (χ0v) is 16.9. The second-order valence-electron chi connectivity index (χ2n) is 7.12. The van der Waals surface area contributed by atoms with Crippen molar-refractivity contribution in [3.05, 3.63) is 75.8 Å². The number of aryl methyl sites for hydroxylation is 1. The summed E-state index contributed by atoms with van der Waals surface area (Å²) in [6.45, 7) is 2.14. The van der Waals surface area contributed by atoms with Gasteiger partial charge in [-0.3, -0.25) is 9.78 Å². The van der Waals surface area contributed by atoms with Crippen LogP contribution < -0.4 is 15.0 Å². The van der Waals surface area contributed by atoms with Crippen molar-refractivity contribution in [3.63, 3.8) is 0 Å². The number of aromatic amines is 1. The van der Waals surface area contributed by atoms with E-state index in [0.717, 1.165) is 45.8 Å². The van der Waals surface area contributed by atoms with Gasteiger partial charge in [-0.1, -0.05) is 39.0 Å². The number of benzene rings is 2. The monoisotopic (exact) mass is 404 g/mol. The molecule has 2 aromatic heterocycles. The number of nitrogens with one attached hydrogen (secondary N) is 1. The van der Waals surface area contributed by atoms with Crippen molar-refractivity contribution in [2.24, 2.45) is 0 Å². The summed E-state index contributed by atoms with van der Waals surface area (Å²) >= 11 is 0. The summed E-state index contributed by atoms with van der Waals surface area (Å²) in [5.41, 5.74) is 3.50. The van der Waals surface area contributed by atoms with E-state index in [1.54, 1.807) is 14.2 Å². The maximum atomic E-state index is 12.6. The normalized spacial score (nSPS) is 10.8. The number of rotatable bonds is 6. The van der Waals surface area contributed by atoms with Crippen LogP contribution in [0, 0.1) is 0 Å². The predicted octanol–water partition coefficient (Wildman–Crippen LogP) is 5.27. The van der Waals surface area contributed by atoms with Crippen LogP contribution in [0.3, 0.4) is 0 Å². The van der Waals surface area contributed by atoms with Crippen LogP contribution in [0.2, 0.25) is 0 Å². The highest BCUT2D eigenvalue weighted by atomic mass is 16.5. The van der Waals surface area contributed by atoms with Gasteiger partial charge in [0.1, 0.15) is 0 Å². The van der Waals surface area contributed by atoms with Gasteiger partial charge in [-0.05, 0) is 47.0 Å². The third kappa shape index (κ3) is 3.88. The topological polar surface area (TPSA) is 64.2 Å². The summed E-state index contributed by atoms with van der Waals surface area (Å²) < 4.78 is 11.0. The van der Waals surface area contributed by atoms with Crippen LogP contribution in [0.1, 0.15) is 37.6 Å². The van der Waals surface area contributed by atoms with E-state index in [2.05, 4.69) is 11.9 Å². The fraction of sp³-hybridized carbons (Fsp3) is 0.280. The first-order chi connectivity index (χ1) is 14.1. The summed E-state index contributed by atoms with van der Waals surface area (Å²) in [4.78, 5) is 20.3. The van der Waals surface area contributed by atoms with Crippen molar-refractivity contribution in [3.8, 4) is 11.5 Å². The summed E-state index contributed by atoms with van der Waals surface area (Å²) in [5.74, 6) is 1.35. The number of aromatic nitrogens is 2. The summed E-state index contributed by atoms with van der Waals surface area (Å²) in [6.07, 6.45) is 4.25. The molecule has 2 aromatic carbocycles. The van der Waals surface area contributed by atoms with E-state index in [-0.39, 0.29) is 13.0 Å². The van der Waals surface area contributed by atoms with Crippen molar-refractivity contribution in [1.82, 2.24) is 9.97 Å². The van der Waals surface area contributed by atoms with E-state index in [1.165, 1.54) is 0 Å². The molecule has 0 aliphatic rings. The highest BCUT2D eigenvalue weighted by Gasteiger charge is 2.14. The molecular formula is C25H28N2O3. The number of hydrogen-bond donors (Lipinski definition) is 1. The first-order valence-electron chi connectivity index (χ1n) is 9.78. The summed E-state index contributed by atoms with van der Waals surface area (Å²) in [5, 5.41) is 3.09. The van der Waals surface area contributed by atoms with Crippen molar-refractivity contribution in [2.45, 2.75) is 33.6 Å². The number of methoxy groups -OCH3 is 2. The molecule has 4 rings (SSSR count). The average Bonchev–Trinajstić information content (AvgIpc) is 2.75. The number of nitrogens with zero attached hydrogens (tertiary/aromatic N) is 1. The summed E-state index contributed by atoms with van der Waals surface area (Å²) in [7, 11) is 3.26. The third-order valence-electron chi connectivity index (χ3n) is 5.25. The van der Waals surface area contributed by atoms with Crippen LogP contribution >= 0.6 is 0 Å². The minimum atomic E-state index is -0.0741. The van der Waals surface area contributed by atoms with Crippen molar-refractivity contribution < 1.29 is 9.47 Å². The summed E-state index contributed by atoms with van der Waals surface area (Å²) in [6, 6.07) is 13.7. The van der Waals surface area contributed by atoms with Gasteiger partial charge in [0.25, 0.3) is 5.56 Å². The predicted molar refractivity (Wildman–Crippen MR) is 123 cm³/mol. The number of H-pyrrole nitrogens is 1. The third-order valence-corrected chi connectivity index (χ3v) is 5.25. The quantitative estimate of drug-likeness (QED) is 0.475. The molecule has 30 heavy (non-hydrogen) atoms. The molecule has 156 valence electrons. The zero-order valence-electron chi connectivity index (χ0n) is 16.9. The highest BCUT2D eigenvalue weighted by molar-refractivity contribution is 5.91. The lowest BCUT2D eigenvalue weighted by molar-refractivity contribution is 0.356. The number of fused-ring (bicyclic) bond motifs is 2. The molecule has 0 unspecified atom stereocenters. The van der Waals surface area contributed by atoms with Gasteiger partial charge in [0.15, 0.2) is 11.5 Å². The van der Waals surface area contributed by atoms with Gasteiger partial charge in [-0.25, -0.2) is 0 Å². The molecule has 0 amide bonds. The molecule has 1 N–H and O–H groups in total. The zero-order chi connectivity index (χ0) is 20.4. The smallest absolute Gasteiger partial charge is 0.251 e. The highest BCUT2D eigenvalue weighted by Crippen LogP contribution is 2.35. The van der Waals surface area contributed by atoms with Gasteiger partial charge < -0.3 is 14.5 Å². The van der Waals surface area contributed by atoms with Gasteiger partial charge in [0.2, 0.25) is 0 Å². The molecule has 0 saturated heterocycles. The van der Waals surface area contributed by atoms with E-state index in [1.807, 2.05) is 48.7 Å². The Hall–Kier alpha value is -3.34. The Morgan fingerprint density at radius 1 is 0.967 bits per heavy atom. The molecular weight excluding hydrogens is 376 g/mol. The van der Waals surface area contributed by atoms with E-state index in [9.17, 15) is 4.79 Å². The standard InChI is InChI=1S/C24H24N2O3.CH4/c1-4-7-21-19-13-23(29-3)22(28-2)12-18(19)17(14-25-21)11-16-10-15-8-5-6-9-20(15)26-24(16)27;/h5-6,8-10,12-14H,4,7,11H2,1-3H3,(H,26,27);1H4. The second kappa shape index (κ2) is 8.99. The molecule has 0 spiro atoms. The van der Waals surface area contributed by atoms with Crippen molar-refractivity contribution >= 4 is 21.7 Å². The Balaban J connectivity index is 0.00000256. The van der Waals surface area contributed by atoms with Gasteiger partial charge >= 0.3 is 0 Å². The Morgan fingerprint density at radius 3 is 2.37 bits per heavy atom. The fourth-order valence-corrected chi connectivity index (χ4v) is 3.78. The van der Waals surface area contributed by atoms with Gasteiger partial charge in [0.05, 0.1) is 14.2 Å². The molecule has 0 saturated carbocycles. The lowest BCUT2D eigenvalue weighted by Crippen LogP contribution is -2.13. The maximum absolute atomic E-state index is 12.6. The number of ether oxygens (including phenoxy) is 2. The van der Waals surface area contributed by atoms with Gasteiger partial charge in [-0.2, -0.15) is 0 Å². The molecule has 0 aliphatic heterocycles. The average molecular weight is 405 g/mol. The SMILES string of the molecule is C.CCCc1ncc(Cc2cc3ccccc3[nH]c2=O)c2cc(OC)c(OC)cc12. The van der Waals surface area contributed by atoms with Gasteiger partial charge in [0, 0.05) is 34.8 Å². The van der Waals surface area contributed by atoms with Crippen molar-refractivity contribution in [1.29, 1.82) is 0 Å². The number of para-hydroxylation sites is 1. The minimum absolute atomic E-state index is 0. The fourth-order valence-electron chi connectivity index (χ4n) is 3.78. The van der Waals surface area contributed by atoms with Crippen LogP contribution in [0.5, 0.6) is 11.5 Å². The van der Waals surface area contributed by atoms with E-state index in [0.29, 0.717) is 23.5 Å². The second-order valence-corrected chi connectivity index (χ2v) is 7.12. The molecule has 0 fully saturated rings. The number of hydrogen-bond acceptors (Lipinski definition) is 4. The maximum Gasteiger partial charge on any atom is 0.251 e. The van der Waals surface area contributed by atoms with Gasteiger partial charge in [-0.15, -0.1) is 0 Å². The molecule has 5 nitrogen and oxygen atoms in total. The Morgan fingerprint density at radius 2 is 1.67 bits per heavy atom. The first-order valence-corrected chi connectivity index (χ1v) is 9.78. The molecule has 0 atom stereocenters. The molecule has 4 aromatic rings. The largest absolute Gasteiger partial charge is 0.493 e. The molecule has 0 radical (unpaired) electrons. The van der Waals surface area contributed by atoms with Crippen LogP contribution in [0.15, 0.2) is 53.5 Å². The first kappa shape index (κ1) is 21.4. The van der Waals surface area contributed by atoms with E-state index in [4.69, 9.17) is 14.5 Å². The van der Waals surface area contributed by atoms with Crippen LogP contribution in [0.4, 0.5) is 0 Å². The molecule has 5 heteroatoms. The van der Waals surface area contributed by atoms with E-state index >= 15 is 0 Å². The lowest BCUT2D eigenvalue weighted by Gasteiger charge is -2.14. The Bertz CT molecular complexity index is 1240. The Labute approximate surface area is 176 Å². The van der Waals surface area contributed by atoms with Crippen LogP contribution in [0.25, 0.3) is 21.7 Å².